The molecule has 0 aromatic heterocycles. The molecule has 30 heavy (non-hydrogen) atoms. The molecule has 0 radical (unpaired) electrons. The summed E-state index contributed by atoms with van der Waals surface area (Å²) in [5.74, 6) is 0.332. The van der Waals surface area contributed by atoms with Crippen LogP contribution in [0.3, 0.4) is 0 Å². The van der Waals surface area contributed by atoms with Crippen LogP contribution in [0, 0.1) is 5.92 Å². The van der Waals surface area contributed by atoms with Crippen LogP contribution in [0.15, 0.2) is 30.3 Å². The van der Waals surface area contributed by atoms with Crippen molar-refractivity contribution in [1.82, 2.24) is 0 Å². The number of benzene rings is 2. The van der Waals surface area contributed by atoms with Gasteiger partial charge in [0, 0.05) is 23.6 Å². The minimum atomic E-state index is -0.294. The van der Waals surface area contributed by atoms with Crippen LogP contribution in [-0.4, -0.2) is 18.5 Å². The van der Waals surface area contributed by atoms with Gasteiger partial charge in [0.15, 0.2) is 5.75 Å². The smallest absolute Gasteiger partial charge is 0.311 e. The van der Waals surface area contributed by atoms with Crippen molar-refractivity contribution in [2.24, 2.45) is 5.92 Å². The molecule has 0 unspecified atom stereocenters. The number of carbonyl (C=O) groups excluding carboxylic acids is 2. The van der Waals surface area contributed by atoms with Gasteiger partial charge in [-0.2, -0.15) is 0 Å². The Morgan fingerprint density at radius 3 is 2.03 bits per heavy atom. The summed E-state index contributed by atoms with van der Waals surface area (Å²) in [6.07, 6.45) is 6.44. The maximum Gasteiger partial charge on any atom is 0.311 e. The lowest BCUT2D eigenvalue weighted by Gasteiger charge is -2.11. The number of fused-ring (bicyclic) bond motifs is 1. The molecule has 0 heterocycles. The van der Waals surface area contributed by atoms with Crippen molar-refractivity contribution in [3.05, 3.63) is 40.4 Å². The quantitative estimate of drug-likeness (QED) is 0.191. The predicted octanol–water partition coefficient (Wildman–Crippen LogP) is 7.37. The normalized spacial score (nSPS) is 11.1. The Morgan fingerprint density at radius 1 is 0.833 bits per heavy atom. The van der Waals surface area contributed by atoms with Crippen LogP contribution in [0.4, 0.5) is 0 Å². The van der Waals surface area contributed by atoms with E-state index in [9.17, 15) is 9.59 Å². The van der Waals surface area contributed by atoms with Gasteiger partial charge in [-0.05, 0) is 24.8 Å². The van der Waals surface area contributed by atoms with Crippen molar-refractivity contribution in [3.63, 3.8) is 0 Å². The van der Waals surface area contributed by atoms with Gasteiger partial charge >= 0.3 is 11.9 Å². The summed E-state index contributed by atoms with van der Waals surface area (Å²) in [5.41, 5.74) is 0. The number of unbranched alkanes of at least 4 members (excludes halogenated alkanes) is 5. The minimum Gasteiger partial charge on any atom is -0.465 e. The highest BCUT2D eigenvalue weighted by Crippen LogP contribution is 2.38. The predicted molar refractivity (Wildman–Crippen MR) is 122 cm³/mol. The lowest BCUT2D eigenvalue weighted by molar-refractivity contribution is -0.144. The summed E-state index contributed by atoms with van der Waals surface area (Å²) >= 11 is 12.5. The van der Waals surface area contributed by atoms with E-state index in [0.29, 0.717) is 41.2 Å². The van der Waals surface area contributed by atoms with Gasteiger partial charge in [-0.1, -0.05) is 87.0 Å². The number of hydrogen-bond acceptors (Lipinski definition) is 4. The van der Waals surface area contributed by atoms with Gasteiger partial charge in [-0.3, -0.25) is 9.59 Å². The summed E-state index contributed by atoms with van der Waals surface area (Å²) in [6, 6.07) is 9.05. The molecule has 2 aromatic rings. The molecule has 0 fully saturated rings. The maximum absolute atomic E-state index is 12.2. The Kier molecular flexibility index (Phi) is 10.5. The third-order valence-electron chi connectivity index (χ3n) is 4.70. The van der Waals surface area contributed by atoms with Crippen LogP contribution in [0.25, 0.3) is 10.8 Å². The first-order valence-corrected chi connectivity index (χ1v) is 11.4. The third kappa shape index (κ3) is 8.16. The number of carbonyl (C=O) groups is 2. The van der Waals surface area contributed by atoms with Gasteiger partial charge in [-0.15, -0.1) is 0 Å². The zero-order valence-corrected chi connectivity index (χ0v) is 19.2. The monoisotopic (exact) mass is 452 g/mol. The molecular weight excluding hydrogens is 423 g/mol. The molecule has 0 spiro atoms. The molecule has 0 saturated heterocycles. The molecule has 0 saturated carbocycles. The molecule has 0 aliphatic heterocycles. The number of esters is 2. The molecule has 0 aliphatic rings. The van der Waals surface area contributed by atoms with Crippen molar-refractivity contribution >= 4 is 45.9 Å². The van der Waals surface area contributed by atoms with Gasteiger partial charge in [0.2, 0.25) is 0 Å². The molecule has 0 atom stereocenters. The van der Waals surface area contributed by atoms with Crippen LogP contribution in [-0.2, 0) is 14.3 Å². The first-order valence-electron chi connectivity index (χ1n) is 10.6. The van der Waals surface area contributed by atoms with Crippen LogP contribution < -0.4 is 4.74 Å². The standard InChI is InChI=1S/C24H30Cl2O4/c1-17(2)16-29-22(27)13-7-5-3-4-6-8-14-23(28)30-24-19-12-10-9-11-18(19)20(25)15-21(24)26/h9-12,15,17H,3-8,13-14,16H2,1-2H3. The summed E-state index contributed by atoms with van der Waals surface area (Å²) in [4.78, 5) is 23.8. The molecule has 2 aromatic carbocycles. The van der Waals surface area contributed by atoms with Crippen LogP contribution in [0.5, 0.6) is 5.75 Å². The molecular formula is C24H30Cl2O4. The van der Waals surface area contributed by atoms with Crippen molar-refractivity contribution in [1.29, 1.82) is 0 Å². The largest absolute Gasteiger partial charge is 0.465 e. The van der Waals surface area contributed by atoms with Crippen LogP contribution in [0.2, 0.25) is 10.0 Å². The minimum absolute atomic E-state index is 0.111. The van der Waals surface area contributed by atoms with Gasteiger partial charge in [0.05, 0.1) is 16.7 Å². The molecule has 6 heteroatoms. The lowest BCUT2D eigenvalue weighted by Crippen LogP contribution is -2.09. The van der Waals surface area contributed by atoms with Crippen molar-refractivity contribution in [2.45, 2.75) is 65.2 Å². The zero-order valence-electron chi connectivity index (χ0n) is 17.7. The Labute approximate surface area is 188 Å². The fourth-order valence-corrected chi connectivity index (χ4v) is 3.70. The number of rotatable bonds is 12. The van der Waals surface area contributed by atoms with Crippen molar-refractivity contribution < 1.29 is 19.1 Å². The molecule has 0 amide bonds. The zero-order chi connectivity index (χ0) is 21.9. The number of ether oxygens (including phenoxy) is 2. The van der Waals surface area contributed by atoms with E-state index < -0.39 is 0 Å². The van der Waals surface area contributed by atoms with Crippen LogP contribution in [0.1, 0.15) is 65.2 Å². The third-order valence-corrected chi connectivity index (χ3v) is 5.30. The molecule has 0 N–H and O–H groups in total. The number of halogens is 2. The summed E-state index contributed by atoms with van der Waals surface area (Å²) in [5, 5.41) is 2.40. The molecule has 2 rings (SSSR count). The molecule has 4 nitrogen and oxygen atoms in total. The van der Waals surface area contributed by atoms with Crippen molar-refractivity contribution in [2.75, 3.05) is 6.61 Å². The summed E-state index contributed by atoms with van der Waals surface area (Å²) < 4.78 is 10.7. The second-order valence-corrected chi connectivity index (χ2v) is 8.70. The fraction of sp³-hybridized carbons (Fsp3) is 0.500. The van der Waals surface area contributed by atoms with Gasteiger partial charge in [0.25, 0.3) is 0 Å². The Hall–Kier alpha value is -1.78. The SMILES string of the molecule is CC(C)COC(=O)CCCCCCCCC(=O)Oc1c(Cl)cc(Cl)c2ccccc12. The van der Waals surface area contributed by atoms with E-state index in [1.54, 1.807) is 6.07 Å². The first kappa shape index (κ1) is 24.5. The Morgan fingerprint density at radius 2 is 1.40 bits per heavy atom. The summed E-state index contributed by atoms with van der Waals surface area (Å²) in [6.45, 7) is 4.54. The Bertz CT molecular complexity index is 848. The maximum atomic E-state index is 12.2. The van der Waals surface area contributed by atoms with E-state index in [4.69, 9.17) is 32.7 Å². The average Bonchev–Trinajstić information content (AvgIpc) is 2.71. The van der Waals surface area contributed by atoms with E-state index in [2.05, 4.69) is 0 Å². The van der Waals surface area contributed by atoms with E-state index in [1.807, 2.05) is 38.1 Å². The highest BCUT2D eigenvalue weighted by molar-refractivity contribution is 6.40. The van der Waals surface area contributed by atoms with Gasteiger partial charge in [-0.25, -0.2) is 0 Å². The van der Waals surface area contributed by atoms with Crippen molar-refractivity contribution in [3.8, 4) is 5.75 Å². The van der Waals surface area contributed by atoms with E-state index in [0.717, 1.165) is 49.3 Å². The van der Waals surface area contributed by atoms with Gasteiger partial charge < -0.3 is 9.47 Å². The summed E-state index contributed by atoms with van der Waals surface area (Å²) in [7, 11) is 0. The van der Waals surface area contributed by atoms with E-state index in [1.165, 1.54) is 0 Å². The second-order valence-electron chi connectivity index (χ2n) is 7.89. The van der Waals surface area contributed by atoms with E-state index in [-0.39, 0.29) is 11.9 Å². The molecule has 0 bridgehead atoms. The highest BCUT2D eigenvalue weighted by Gasteiger charge is 2.14. The average molecular weight is 453 g/mol. The molecule has 164 valence electrons. The first-order chi connectivity index (χ1) is 14.4. The highest BCUT2D eigenvalue weighted by atomic mass is 35.5. The lowest BCUT2D eigenvalue weighted by atomic mass is 10.1. The molecule has 0 aliphatic carbocycles. The topological polar surface area (TPSA) is 52.6 Å². The van der Waals surface area contributed by atoms with E-state index >= 15 is 0 Å². The fourth-order valence-electron chi connectivity index (χ4n) is 3.12. The number of hydrogen-bond donors (Lipinski definition) is 0. The van der Waals surface area contributed by atoms with Crippen LogP contribution >= 0.6 is 23.2 Å². The second kappa shape index (κ2) is 12.8. The van der Waals surface area contributed by atoms with Gasteiger partial charge in [0.1, 0.15) is 0 Å². The Balaban J connectivity index is 1.64.